The maximum Gasteiger partial charge on any atom is 0.261 e. The molecule has 2 aromatic heterocycles. The molecule has 3 amide bonds. The molecule has 0 spiro atoms. The van der Waals surface area contributed by atoms with Gasteiger partial charge in [0.1, 0.15) is 11.8 Å². The number of nitrogens with one attached hydrogen (secondary N) is 2. The number of nitrogens with zero attached hydrogens (tertiary/aromatic N) is 1. The Morgan fingerprint density at radius 3 is 2.50 bits per heavy atom. The highest BCUT2D eigenvalue weighted by molar-refractivity contribution is 7.12. The van der Waals surface area contributed by atoms with Crippen molar-refractivity contribution < 1.29 is 18.8 Å². The molecule has 2 heterocycles. The van der Waals surface area contributed by atoms with Gasteiger partial charge in [-0.1, -0.05) is 48.7 Å². The van der Waals surface area contributed by atoms with Crippen LogP contribution in [0.1, 0.15) is 58.3 Å². The van der Waals surface area contributed by atoms with Gasteiger partial charge in [0.05, 0.1) is 24.2 Å². The molecule has 7 nitrogen and oxygen atoms in total. The van der Waals surface area contributed by atoms with E-state index < -0.39 is 6.04 Å². The fourth-order valence-electron chi connectivity index (χ4n) is 4.22. The zero-order valence-corrected chi connectivity index (χ0v) is 20.0. The summed E-state index contributed by atoms with van der Waals surface area (Å²) in [4.78, 5) is 41.5. The van der Waals surface area contributed by atoms with E-state index in [0.29, 0.717) is 16.2 Å². The summed E-state index contributed by atoms with van der Waals surface area (Å²) in [6.07, 6.45) is 5.59. The van der Waals surface area contributed by atoms with Crippen molar-refractivity contribution in [2.45, 2.75) is 51.2 Å². The number of furan rings is 1. The van der Waals surface area contributed by atoms with Crippen molar-refractivity contribution >= 4 is 29.1 Å². The van der Waals surface area contributed by atoms with Gasteiger partial charge >= 0.3 is 0 Å². The Hall–Kier alpha value is -3.39. The maximum atomic E-state index is 13.6. The molecule has 0 bridgehead atoms. The van der Waals surface area contributed by atoms with Gasteiger partial charge in [-0.25, -0.2) is 0 Å². The minimum Gasteiger partial charge on any atom is -0.467 e. The van der Waals surface area contributed by atoms with Crippen LogP contribution in [0.15, 0.2) is 64.6 Å². The van der Waals surface area contributed by atoms with Crippen LogP contribution >= 0.6 is 11.3 Å². The van der Waals surface area contributed by atoms with Crippen molar-refractivity contribution in [1.29, 1.82) is 0 Å². The van der Waals surface area contributed by atoms with E-state index in [-0.39, 0.29) is 36.9 Å². The van der Waals surface area contributed by atoms with Gasteiger partial charge in [0, 0.05) is 6.04 Å². The van der Waals surface area contributed by atoms with E-state index in [1.165, 1.54) is 22.5 Å². The molecule has 8 heteroatoms. The van der Waals surface area contributed by atoms with Crippen molar-refractivity contribution in [3.63, 3.8) is 0 Å². The van der Waals surface area contributed by atoms with Gasteiger partial charge in [-0.15, -0.1) is 11.3 Å². The second kappa shape index (κ2) is 11.2. The normalized spacial score (nSPS) is 14.5. The van der Waals surface area contributed by atoms with Crippen molar-refractivity contribution in [2.75, 3.05) is 6.54 Å². The quantitative estimate of drug-likeness (QED) is 0.481. The molecule has 178 valence electrons. The van der Waals surface area contributed by atoms with Gasteiger partial charge in [0.25, 0.3) is 5.91 Å². The van der Waals surface area contributed by atoms with Crippen molar-refractivity contribution in [3.8, 4) is 0 Å². The lowest BCUT2D eigenvalue weighted by molar-refractivity contribution is -0.141. The van der Waals surface area contributed by atoms with Crippen LogP contribution in [0, 0.1) is 6.92 Å². The molecule has 1 aliphatic carbocycles. The number of amides is 3. The summed E-state index contributed by atoms with van der Waals surface area (Å²) in [7, 11) is 0. The van der Waals surface area contributed by atoms with Gasteiger partial charge in [0.15, 0.2) is 0 Å². The van der Waals surface area contributed by atoms with E-state index in [2.05, 4.69) is 10.6 Å². The average Bonchev–Trinajstić information content (AvgIpc) is 3.62. The number of hydrogen-bond acceptors (Lipinski definition) is 5. The standard InChI is InChI=1S/C26H29N3O4S/c1-18-10-12-19(13-11-18)24(26(32)28-20-6-2-3-7-20)29(17-21-8-4-14-33-21)23(30)16-27-25(31)22-9-5-15-34-22/h4-5,8-15,20,24H,2-3,6-7,16-17H2,1H3,(H,27,31)(H,28,32)/t24-/m0/s1. The average molecular weight is 480 g/mol. The van der Waals surface area contributed by atoms with Gasteiger partial charge in [-0.05, 0) is 48.9 Å². The van der Waals surface area contributed by atoms with Crippen LogP contribution < -0.4 is 10.6 Å². The van der Waals surface area contributed by atoms with Crippen LogP contribution in [0.4, 0.5) is 0 Å². The van der Waals surface area contributed by atoms with Gasteiger partial charge in [-0.3, -0.25) is 14.4 Å². The number of carbonyl (C=O) groups excluding carboxylic acids is 3. The Morgan fingerprint density at radius 1 is 1.09 bits per heavy atom. The van der Waals surface area contributed by atoms with Crippen LogP contribution in [-0.4, -0.2) is 35.2 Å². The summed E-state index contributed by atoms with van der Waals surface area (Å²) in [5.41, 5.74) is 1.77. The van der Waals surface area contributed by atoms with Crippen LogP contribution in [-0.2, 0) is 16.1 Å². The van der Waals surface area contributed by atoms with E-state index in [1.54, 1.807) is 29.6 Å². The first-order valence-corrected chi connectivity index (χ1v) is 12.4. The highest BCUT2D eigenvalue weighted by Crippen LogP contribution is 2.26. The van der Waals surface area contributed by atoms with E-state index in [4.69, 9.17) is 4.42 Å². The van der Waals surface area contributed by atoms with Crippen LogP contribution in [0.5, 0.6) is 0 Å². The summed E-state index contributed by atoms with van der Waals surface area (Å²) >= 11 is 1.31. The SMILES string of the molecule is Cc1ccc([C@@H](C(=O)NC2CCCC2)N(Cc2ccco2)C(=O)CNC(=O)c2cccs2)cc1. The monoisotopic (exact) mass is 479 g/mol. The molecule has 2 N–H and O–H groups in total. The maximum absolute atomic E-state index is 13.6. The first-order valence-electron chi connectivity index (χ1n) is 11.5. The number of carbonyl (C=O) groups is 3. The smallest absolute Gasteiger partial charge is 0.261 e. The largest absolute Gasteiger partial charge is 0.467 e. The molecule has 0 aliphatic heterocycles. The number of hydrogen-bond donors (Lipinski definition) is 2. The molecule has 1 aromatic carbocycles. The number of thiophene rings is 1. The molecule has 1 saturated carbocycles. The van der Waals surface area contributed by atoms with Crippen molar-refractivity contribution in [1.82, 2.24) is 15.5 Å². The summed E-state index contributed by atoms with van der Waals surface area (Å²) in [6.45, 7) is 1.86. The summed E-state index contributed by atoms with van der Waals surface area (Å²) in [6, 6.07) is 13.9. The number of rotatable bonds is 9. The molecule has 1 aliphatic rings. The highest BCUT2D eigenvalue weighted by Gasteiger charge is 2.33. The lowest BCUT2D eigenvalue weighted by atomic mass is 10.0. The lowest BCUT2D eigenvalue weighted by Gasteiger charge is -2.32. The Labute approximate surface area is 203 Å². The molecule has 1 fully saturated rings. The highest BCUT2D eigenvalue weighted by atomic mass is 32.1. The Kier molecular flexibility index (Phi) is 7.80. The summed E-state index contributed by atoms with van der Waals surface area (Å²) in [5.74, 6) is -0.346. The van der Waals surface area contributed by atoms with Crippen LogP contribution in [0.3, 0.4) is 0 Å². The van der Waals surface area contributed by atoms with Crippen LogP contribution in [0.2, 0.25) is 0 Å². The molecule has 0 saturated heterocycles. The zero-order chi connectivity index (χ0) is 23.9. The third-order valence-corrected chi connectivity index (χ3v) is 6.90. The zero-order valence-electron chi connectivity index (χ0n) is 19.2. The molecule has 0 radical (unpaired) electrons. The summed E-state index contributed by atoms with van der Waals surface area (Å²) in [5, 5.41) is 7.64. The van der Waals surface area contributed by atoms with E-state index >= 15 is 0 Å². The van der Waals surface area contributed by atoms with Crippen molar-refractivity contribution in [3.05, 3.63) is 81.9 Å². The second-order valence-electron chi connectivity index (χ2n) is 8.56. The second-order valence-corrected chi connectivity index (χ2v) is 9.51. The number of benzene rings is 1. The molecular weight excluding hydrogens is 450 g/mol. The Morgan fingerprint density at radius 2 is 1.85 bits per heavy atom. The first kappa shape index (κ1) is 23.8. The fourth-order valence-corrected chi connectivity index (χ4v) is 4.86. The Balaban J connectivity index is 1.60. The van der Waals surface area contributed by atoms with E-state index in [0.717, 1.165) is 31.2 Å². The minimum absolute atomic E-state index is 0.108. The van der Waals surface area contributed by atoms with E-state index in [1.807, 2.05) is 31.2 Å². The Bertz CT molecular complexity index is 1090. The van der Waals surface area contributed by atoms with Crippen LogP contribution in [0.25, 0.3) is 0 Å². The molecular formula is C26H29N3O4S. The topological polar surface area (TPSA) is 91.7 Å². The minimum atomic E-state index is -0.850. The van der Waals surface area contributed by atoms with Gasteiger partial charge in [0.2, 0.25) is 11.8 Å². The lowest BCUT2D eigenvalue weighted by Crippen LogP contribution is -2.48. The predicted octanol–water partition coefficient (Wildman–Crippen LogP) is 4.21. The summed E-state index contributed by atoms with van der Waals surface area (Å²) < 4.78 is 5.51. The van der Waals surface area contributed by atoms with E-state index in [9.17, 15) is 14.4 Å². The van der Waals surface area contributed by atoms with Gasteiger partial charge < -0.3 is 20.0 Å². The number of aryl methyl sites for hydroxylation is 1. The third-order valence-electron chi connectivity index (χ3n) is 6.03. The fraction of sp³-hybridized carbons (Fsp3) is 0.346. The first-order chi connectivity index (χ1) is 16.5. The molecule has 1 atom stereocenters. The third kappa shape index (κ3) is 5.94. The predicted molar refractivity (Wildman–Crippen MR) is 130 cm³/mol. The molecule has 4 rings (SSSR count). The van der Waals surface area contributed by atoms with Gasteiger partial charge in [-0.2, -0.15) is 0 Å². The molecule has 34 heavy (non-hydrogen) atoms. The van der Waals surface area contributed by atoms with Crippen molar-refractivity contribution in [2.24, 2.45) is 0 Å². The molecule has 0 unspecified atom stereocenters. The molecule has 3 aromatic rings.